The van der Waals surface area contributed by atoms with Gasteiger partial charge in [0.15, 0.2) is 0 Å². The maximum absolute atomic E-state index is 13.1. The Balaban J connectivity index is 1.78. The fourth-order valence-electron chi connectivity index (χ4n) is 3.73. The van der Waals surface area contributed by atoms with Gasteiger partial charge in [-0.1, -0.05) is 74.5 Å². The van der Waals surface area contributed by atoms with E-state index in [1.807, 2.05) is 69.3 Å². The number of hydrogen-bond acceptors (Lipinski definition) is 3. The SMILES string of the molecule is CC(C)[C@H]1CN([C@H](C)c2ccccc2)C(=O)N1C(=O)C[C@H](O)c1ccccc1. The van der Waals surface area contributed by atoms with Crippen LogP contribution >= 0.6 is 0 Å². The molecule has 3 atom stereocenters. The van der Waals surface area contributed by atoms with Crippen LogP contribution in [0.25, 0.3) is 0 Å². The van der Waals surface area contributed by atoms with Crippen molar-refractivity contribution in [2.24, 2.45) is 5.92 Å². The van der Waals surface area contributed by atoms with Crippen LogP contribution in [-0.4, -0.2) is 39.4 Å². The van der Waals surface area contributed by atoms with Gasteiger partial charge in [0, 0.05) is 6.54 Å². The molecular formula is C23H28N2O3. The minimum absolute atomic E-state index is 0.105. The Bertz CT molecular complexity index is 807. The summed E-state index contributed by atoms with van der Waals surface area (Å²) in [7, 11) is 0. The molecule has 0 aromatic heterocycles. The average molecular weight is 380 g/mol. The number of carbonyl (C=O) groups is 2. The largest absolute Gasteiger partial charge is 0.388 e. The highest BCUT2D eigenvalue weighted by Gasteiger charge is 2.44. The number of urea groups is 1. The number of imide groups is 1. The molecule has 5 nitrogen and oxygen atoms in total. The molecule has 1 fully saturated rings. The van der Waals surface area contributed by atoms with Crippen molar-refractivity contribution in [1.29, 1.82) is 0 Å². The molecule has 0 unspecified atom stereocenters. The van der Waals surface area contributed by atoms with Crippen molar-refractivity contribution in [2.75, 3.05) is 6.54 Å². The smallest absolute Gasteiger partial charge is 0.327 e. The molecule has 0 bridgehead atoms. The van der Waals surface area contributed by atoms with Gasteiger partial charge in [-0.15, -0.1) is 0 Å². The topological polar surface area (TPSA) is 60.9 Å². The van der Waals surface area contributed by atoms with E-state index in [9.17, 15) is 14.7 Å². The zero-order valence-electron chi connectivity index (χ0n) is 16.7. The Kier molecular flexibility index (Phi) is 6.15. The van der Waals surface area contributed by atoms with Crippen LogP contribution < -0.4 is 0 Å². The zero-order valence-corrected chi connectivity index (χ0v) is 16.7. The number of nitrogens with zero attached hydrogens (tertiary/aromatic N) is 2. The summed E-state index contributed by atoms with van der Waals surface area (Å²) in [4.78, 5) is 29.2. The molecule has 2 aromatic carbocycles. The first-order valence-corrected chi connectivity index (χ1v) is 9.80. The second-order valence-electron chi connectivity index (χ2n) is 7.73. The third-order valence-corrected chi connectivity index (χ3v) is 5.51. The molecule has 1 N–H and O–H groups in total. The molecule has 148 valence electrons. The van der Waals surface area contributed by atoms with E-state index in [2.05, 4.69) is 0 Å². The van der Waals surface area contributed by atoms with Gasteiger partial charge in [-0.3, -0.25) is 9.69 Å². The van der Waals surface area contributed by atoms with Crippen molar-refractivity contribution in [3.05, 3.63) is 71.8 Å². The second kappa shape index (κ2) is 8.57. The van der Waals surface area contributed by atoms with Crippen molar-refractivity contribution in [3.8, 4) is 0 Å². The third-order valence-electron chi connectivity index (χ3n) is 5.51. The standard InChI is InChI=1S/C23H28N2O3/c1-16(2)20-15-24(17(3)18-10-6-4-7-11-18)23(28)25(20)22(27)14-21(26)19-12-8-5-9-13-19/h4-13,16-17,20-21,26H,14-15H2,1-3H3/t17-,20-,21+/m1/s1. The lowest BCUT2D eigenvalue weighted by Crippen LogP contribution is -2.43. The maximum Gasteiger partial charge on any atom is 0.327 e. The van der Waals surface area contributed by atoms with Crippen LogP contribution in [-0.2, 0) is 4.79 Å². The van der Waals surface area contributed by atoms with E-state index in [0.717, 1.165) is 5.56 Å². The molecule has 0 aliphatic carbocycles. The minimum Gasteiger partial charge on any atom is -0.388 e. The molecule has 2 aromatic rings. The highest BCUT2D eigenvalue weighted by molar-refractivity contribution is 5.97. The van der Waals surface area contributed by atoms with E-state index in [4.69, 9.17) is 0 Å². The summed E-state index contributed by atoms with van der Waals surface area (Å²) >= 11 is 0. The molecule has 1 heterocycles. The number of hydrogen-bond donors (Lipinski definition) is 1. The lowest BCUT2D eigenvalue weighted by Gasteiger charge is -2.25. The summed E-state index contributed by atoms with van der Waals surface area (Å²) in [6.45, 7) is 6.52. The first kappa shape index (κ1) is 20.1. The lowest BCUT2D eigenvalue weighted by molar-refractivity contribution is -0.131. The highest BCUT2D eigenvalue weighted by atomic mass is 16.3. The molecule has 1 aliphatic rings. The van der Waals surface area contributed by atoms with Crippen molar-refractivity contribution >= 4 is 11.9 Å². The van der Waals surface area contributed by atoms with Crippen LogP contribution in [0, 0.1) is 5.92 Å². The van der Waals surface area contributed by atoms with Crippen LogP contribution in [0.5, 0.6) is 0 Å². The summed E-state index contributed by atoms with van der Waals surface area (Å²) in [5.41, 5.74) is 1.72. The Morgan fingerprint density at radius 3 is 2.07 bits per heavy atom. The third kappa shape index (κ3) is 4.09. The van der Waals surface area contributed by atoms with Gasteiger partial charge in [0.2, 0.25) is 5.91 Å². The van der Waals surface area contributed by atoms with Gasteiger partial charge < -0.3 is 10.0 Å². The summed E-state index contributed by atoms with van der Waals surface area (Å²) < 4.78 is 0. The Labute approximate surface area is 166 Å². The molecule has 28 heavy (non-hydrogen) atoms. The molecule has 3 amide bonds. The van der Waals surface area contributed by atoms with Gasteiger partial charge in [-0.2, -0.15) is 0 Å². The van der Waals surface area contributed by atoms with E-state index in [-0.39, 0.29) is 36.4 Å². The lowest BCUT2D eigenvalue weighted by atomic mass is 10.0. The monoisotopic (exact) mass is 380 g/mol. The number of amides is 3. The maximum atomic E-state index is 13.1. The number of aliphatic hydroxyl groups excluding tert-OH is 1. The number of carbonyl (C=O) groups excluding carboxylic acids is 2. The zero-order chi connectivity index (χ0) is 20.3. The van der Waals surface area contributed by atoms with E-state index in [1.165, 1.54) is 4.90 Å². The Hall–Kier alpha value is -2.66. The quantitative estimate of drug-likeness (QED) is 0.819. The molecule has 0 saturated carbocycles. The van der Waals surface area contributed by atoms with Crippen molar-refractivity contribution in [3.63, 3.8) is 0 Å². The number of rotatable bonds is 6. The van der Waals surface area contributed by atoms with Gasteiger partial charge in [0.05, 0.1) is 24.6 Å². The van der Waals surface area contributed by atoms with Gasteiger partial charge in [0.25, 0.3) is 0 Å². The summed E-state index contributed by atoms with van der Waals surface area (Å²) in [5.74, 6) is -0.197. The number of aliphatic hydroxyl groups is 1. The molecule has 1 aliphatic heterocycles. The first-order valence-electron chi connectivity index (χ1n) is 9.80. The van der Waals surface area contributed by atoms with Gasteiger partial charge in [-0.05, 0) is 24.0 Å². The second-order valence-corrected chi connectivity index (χ2v) is 7.73. The fraction of sp³-hybridized carbons (Fsp3) is 0.391. The molecule has 0 spiro atoms. The molecule has 5 heteroatoms. The summed E-state index contributed by atoms with van der Waals surface area (Å²) in [5, 5.41) is 10.4. The normalized spacial score (nSPS) is 19.2. The van der Waals surface area contributed by atoms with Crippen LogP contribution in [0.4, 0.5) is 4.79 Å². The fourth-order valence-corrected chi connectivity index (χ4v) is 3.73. The van der Waals surface area contributed by atoms with E-state index >= 15 is 0 Å². The van der Waals surface area contributed by atoms with Crippen molar-refractivity contribution in [1.82, 2.24) is 9.80 Å². The van der Waals surface area contributed by atoms with Gasteiger partial charge in [-0.25, -0.2) is 4.79 Å². The number of benzene rings is 2. The highest BCUT2D eigenvalue weighted by Crippen LogP contribution is 2.31. The molecule has 3 rings (SSSR count). The van der Waals surface area contributed by atoms with E-state index in [0.29, 0.717) is 12.1 Å². The molecule has 0 radical (unpaired) electrons. The van der Waals surface area contributed by atoms with Crippen LogP contribution in [0.15, 0.2) is 60.7 Å². The van der Waals surface area contributed by atoms with Gasteiger partial charge >= 0.3 is 6.03 Å². The summed E-state index contributed by atoms with van der Waals surface area (Å²) in [6.07, 6.45) is -1.03. The van der Waals surface area contributed by atoms with Gasteiger partial charge in [0.1, 0.15) is 0 Å². The Morgan fingerprint density at radius 2 is 1.54 bits per heavy atom. The summed E-state index contributed by atoms with van der Waals surface area (Å²) in [6, 6.07) is 18.3. The van der Waals surface area contributed by atoms with Crippen molar-refractivity contribution < 1.29 is 14.7 Å². The van der Waals surface area contributed by atoms with Crippen LogP contribution in [0.2, 0.25) is 0 Å². The van der Waals surface area contributed by atoms with E-state index < -0.39 is 6.10 Å². The predicted molar refractivity (Wildman–Crippen MR) is 108 cm³/mol. The van der Waals surface area contributed by atoms with Crippen LogP contribution in [0.1, 0.15) is 50.5 Å². The van der Waals surface area contributed by atoms with E-state index in [1.54, 1.807) is 17.0 Å². The first-order chi connectivity index (χ1) is 13.4. The Morgan fingerprint density at radius 1 is 1.00 bits per heavy atom. The molecule has 1 saturated heterocycles. The van der Waals surface area contributed by atoms with Crippen molar-refractivity contribution in [2.45, 2.75) is 45.4 Å². The minimum atomic E-state index is -0.921. The predicted octanol–water partition coefficient (Wildman–Crippen LogP) is 4.16. The molecular weight excluding hydrogens is 352 g/mol. The van der Waals surface area contributed by atoms with Crippen LogP contribution in [0.3, 0.4) is 0 Å². The average Bonchev–Trinajstić information content (AvgIpc) is 3.06.